The topological polar surface area (TPSA) is 134 Å². The third kappa shape index (κ3) is 9.57. The van der Waals surface area contributed by atoms with Gasteiger partial charge in [-0.05, 0) is 37.1 Å². The maximum Gasteiger partial charge on any atom is 0.408 e. The van der Waals surface area contributed by atoms with E-state index in [1.54, 1.807) is 44.2 Å². The van der Waals surface area contributed by atoms with Crippen molar-refractivity contribution in [3.63, 3.8) is 0 Å². The van der Waals surface area contributed by atoms with Gasteiger partial charge in [-0.2, -0.15) is 0 Å². The molecule has 39 heavy (non-hydrogen) atoms. The zero-order valence-electron chi connectivity index (χ0n) is 22.3. The zero-order chi connectivity index (χ0) is 28.9. The van der Waals surface area contributed by atoms with E-state index in [0.29, 0.717) is 18.8 Å². The number of nitrogens with two attached hydrogens (primary N) is 1. The Hall–Kier alpha value is -3.61. The highest BCUT2D eigenvalue weighted by molar-refractivity contribution is 5.91. The van der Waals surface area contributed by atoms with Gasteiger partial charge < -0.3 is 30.5 Å². The number of hydrogen-bond acceptors (Lipinski definition) is 6. The molecule has 0 aromatic heterocycles. The minimum atomic E-state index is -1.37. The number of amides is 3. The summed E-state index contributed by atoms with van der Waals surface area (Å²) < 4.78 is 38.4. The Morgan fingerprint density at radius 1 is 1.00 bits per heavy atom. The summed E-state index contributed by atoms with van der Waals surface area (Å²) in [6.07, 6.45) is -2.29. The first-order valence-electron chi connectivity index (χ1n) is 12.6. The molecule has 2 unspecified atom stereocenters. The second kappa shape index (κ2) is 15.7. The first-order chi connectivity index (χ1) is 18.6. The number of carbonyl (C=O) groups is 3. The van der Waals surface area contributed by atoms with Crippen molar-refractivity contribution in [3.05, 3.63) is 71.3 Å². The van der Waals surface area contributed by atoms with Crippen LogP contribution >= 0.6 is 0 Å². The molecule has 2 aromatic rings. The van der Waals surface area contributed by atoms with E-state index in [2.05, 4.69) is 5.32 Å². The molecule has 10 nitrogen and oxygen atoms in total. The lowest BCUT2D eigenvalue weighted by atomic mass is 10.0. The minimum Gasteiger partial charge on any atom is -0.465 e. The van der Waals surface area contributed by atoms with Gasteiger partial charge in [-0.25, -0.2) is 13.6 Å². The fourth-order valence-corrected chi connectivity index (χ4v) is 3.94. The molecule has 0 fully saturated rings. The quantitative estimate of drug-likeness (QED) is 0.290. The molecule has 3 amide bonds. The first kappa shape index (κ1) is 31.6. The number of benzene rings is 2. The van der Waals surface area contributed by atoms with Gasteiger partial charge in [-0.15, -0.1) is 0 Å². The Morgan fingerprint density at radius 3 is 2.18 bits per heavy atom. The highest BCUT2D eigenvalue weighted by Crippen LogP contribution is 2.14. The molecular weight excluding hydrogens is 514 g/mol. The lowest BCUT2D eigenvalue weighted by Gasteiger charge is -2.31. The van der Waals surface area contributed by atoms with Crippen LogP contribution in [0.15, 0.2) is 48.5 Å². The fraction of sp³-hybridized carbons (Fsp3) is 0.444. The van der Waals surface area contributed by atoms with Crippen molar-refractivity contribution in [2.75, 3.05) is 33.4 Å². The highest BCUT2D eigenvalue weighted by atomic mass is 19.2. The number of halogens is 2. The summed E-state index contributed by atoms with van der Waals surface area (Å²) in [5.74, 6) is -3.54. The molecular formula is C27H36F2N4O6. The Kier molecular flexibility index (Phi) is 12.7. The largest absolute Gasteiger partial charge is 0.465 e. The molecule has 0 heterocycles. The SMILES string of the molecule is CCOC(CN(C)C(=O)C(Cc1ccc(F)c(F)c1)NC(=O)C(CN)N(Cc1ccccc1)C(=O)O)OCC. The van der Waals surface area contributed by atoms with E-state index in [1.807, 2.05) is 0 Å². The summed E-state index contributed by atoms with van der Waals surface area (Å²) in [6.45, 7) is 3.78. The molecule has 2 atom stereocenters. The van der Waals surface area contributed by atoms with Crippen LogP contribution in [0.1, 0.15) is 25.0 Å². The van der Waals surface area contributed by atoms with Crippen LogP contribution in [0.3, 0.4) is 0 Å². The predicted molar refractivity (Wildman–Crippen MR) is 140 cm³/mol. The van der Waals surface area contributed by atoms with E-state index in [0.717, 1.165) is 17.0 Å². The third-order valence-electron chi connectivity index (χ3n) is 5.89. The summed E-state index contributed by atoms with van der Waals surface area (Å²) in [5, 5.41) is 12.4. The molecule has 0 radical (unpaired) electrons. The molecule has 0 saturated heterocycles. The zero-order valence-corrected chi connectivity index (χ0v) is 22.3. The van der Waals surface area contributed by atoms with Gasteiger partial charge in [-0.3, -0.25) is 14.5 Å². The number of nitrogens with one attached hydrogen (secondary N) is 1. The molecule has 12 heteroatoms. The van der Waals surface area contributed by atoms with Crippen LogP contribution in [0.4, 0.5) is 13.6 Å². The third-order valence-corrected chi connectivity index (χ3v) is 5.89. The Balaban J connectivity index is 2.31. The van der Waals surface area contributed by atoms with Gasteiger partial charge in [0.2, 0.25) is 11.8 Å². The van der Waals surface area contributed by atoms with Crippen molar-refractivity contribution in [3.8, 4) is 0 Å². The van der Waals surface area contributed by atoms with E-state index in [9.17, 15) is 28.3 Å². The molecule has 0 spiro atoms. The van der Waals surface area contributed by atoms with Gasteiger partial charge in [0.05, 0.1) is 6.54 Å². The van der Waals surface area contributed by atoms with E-state index in [1.165, 1.54) is 18.0 Å². The van der Waals surface area contributed by atoms with Crippen LogP contribution < -0.4 is 11.1 Å². The fourth-order valence-electron chi connectivity index (χ4n) is 3.94. The number of rotatable bonds is 15. The normalized spacial score (nSPS) is 12.6. The van der Waals surface area contributed by atoms with Gasteiger partial charge in [-0.1, -0.05) is 36.4 Å². The molecule has 4 N–H and O–H groups in total. The number of hydrogen-bond donors (Lipinski definition) is 3. The van der Waals surface area contributed by atoms with Crippen LogP contribution in [-0.4, -0.2) is 84.5 Å². The molecule has 0 aliphatic heterocycles. The molecule has 0 bridgehead atoms. The summed E-state index contributed by atoms with van der Waals surface area (Å²) in [4.78, 5) is 41.0. The standard InChI is InChI=1S/C27H36F2N4O6/c1-4-38-24(39-5-2)17-32(3)26(35)22(14-19-11-12-20(28)21(29)13-19)31-25(34)23(15-30)33(27(36)37)16-18-9-7-6-8-10-18/h6-13,22-24H,4-5,14-17,30H2,1-3H3,(H,31,34)(H,36,37). The lowest BCUT2D eigenvalue weighted by Crippen LogP contribution is -2.58. The predicted octanol–water partition coefficient (Wildman–Crippen LogP) is 2.36. The second-order valence-electron chi connectivity index (χ2n) is 8.72. The first-order valence-corrected chi connectivity index (χ1v) is 12.6. The number of likely N-dealkylation sites (N-methyl/N-ethyl adjacent to an activating group) is 1. The number of ether oxygens (including phenoxy) is 2. The lowest BCUT2D eigenvalue weighted by molar-refractivity contribution is -0.158. The van der Waals surface area contributed by atoms with Crippen molar-refractivity contribution in [1.82, 2.24) is 15.1 Å². The molecule has 0 aliphatic rings. The van der Waals surface area contributed by atoms with E-state index < -0.39 is 47.9 Å². The Labute approximate surface area is 226 Å². The maximum atomic E-state index is 13.9. The second-order valence-corrected chi connectivity index (χ2v) is 8.72. The van der Waals surface area contributed by atoms with Gasteiger partial charge >= 0.3 is 6.09 Å². The van der Waals surface area contributed by atoms with Crippen LogP contribution in [0.25, 0.3) is 0 Å². The van der Waals surface area contributed by atoms with Crippen LogP contribution in [0.5, 0.6) is 0 Å². The van der Waals surface area contributed by atoms with E-state index in [-0.39, 0.29) is 31.6 Å². The summed E-state index contributed by atoms with van der Waals surface area (Å²) in [7, 11) is 1.48. The molecule has 2 aromatic carbocycles. The van der Waals surface area contributed by atoms with Crippen molar-refractivity contribution < 1.29 is 37.7 Å². The summed E-state index contributed by atoms with van der Waals surface area (Å²) in [5.41, 5.74) is 6.70. The average molecular weight is 551 g/mol. The summed E-state index contributed by atoms with van der Waals surface area (Å²) >= 11 is 0. The smallest absolute Gasteiger partial charge is 0.408 e. The van der Waals surface area contributed by atoms with Gasteiger partial charge in [0.25, 0.3) is 0 Å². The van der Waals surface area contributed by atoms with Crippen LogP contribution in [0.2, 0.25) is 0 Å². The van der Waals surface area contributed by atoms with Crippen LogP contribution in [-0.2, 0) is 32.0 Å². The van der Waals surface area contributed by atoms with E-state index in [4.69, 9.17) is 15.2 Å². The maximum absolute atomic E-state index is 13.9. The highest BCUT2D eigenvalue weighted by Gasteiger charge is 2.33. The minimum absolute atomic E-state index is 0.0280. The van der Waals surface area contributed by atoms with Crippen molar-refractivity contribution in [2.24, 2.45) is 5.73 Å². The summed E-state index contributed by atoms with van der Waals surface area (Å²) in [6, 6.07) is 9.23. The number of carbonyl (C=O) groups excluding carboxylic acids is 2. The molecule has 0 aliphatic carbocycles. The Bertz CT molecular complexity index is 1090. The van der Waals surface area contributed by atoms with E-state index >= 15 is 0 Å². The van der Waals surface area contributed by atoms with Crippen molar-refractivity contribution in [2.45, 2.75) is 45.2 Å². The average Bonchev–Trinajstić information content (AvgIpc) is 2.90. The van der Waals surface area contributed by atoms with Crippen molar-refractivity contribution in [1.29, 1.82) is 0 Å². The molecule has 2 rings (SSSR count). The molecule has 0 saturated carbocycles. The van der Waals surface area contributed by atoms with Gasteiger partial charge in [0, 0.05) is 39.8 Å². The number of nitrogens with zero attached hydrogens (tertiary/aromatic N) is 2. The molecule has 214 valence electrons. The number of carboxylic acid groups (broad SMARTS) is 1. The van der Waals surface area contributed by atoms with Gasteiger partial charge in [0.15, 0.2) is 17.9 Å². The van der Waals surface area contributed by atoms with Gasteiger partial charge in [0.1, 0.15) is 12.1 Å². The monoisotopic (exact) mass is 550 g/mol. The van der Waals surface area contributed by atoms with Crippen LogP contribution in [0, 0.1) is 11.6 Å². The van der Waals surface area contributed by atoms with Crippen molar-refractivity contribution >= 4 is 17.9 Å². The Morgan fingerprint density at radius 2 is 1.64 bits per heavy atom.